The molecule has 1 N–H and O–H groups in total. The number of carboxylic acids is 1. The van der Waals surface area contributed by atoms with Crippen molar-refractivity contribution in [3.8, 4) is 0 Å². The Balaban J connectivity index is 1.66. The molecule has 8 heteroatoms. The zero-order valence-electron chi connectivity index (χ0n) is 14.8. The number of ether oxygens (including phenoxy) is 2. The Morgan fingerprint density at radius 3 is 2.70 bits per heavy atom. The Kier molecular flexibility index (Phi) is 4.36. The van der Waals surface area contributed by atoms with E-state index < -0.39 is 35.1 Å². The molecule has 1 saturated carbocycles. The number of rotatable bonds is 4. The molecule has 1 aliphatic carbocycles. The molecule has 144 valence electrons. The molecule has 3 saturated heterocycles. The molecule has 3 heterocycles. The second kappa shape index (κ2) is 6.35. The topological polar surface area (TPSA) is 93.1 Å². The number of carboxylic acid groups (broad SMARTS) is 1. The zero-order valence-corrected chi connectivity index (χ0v) is 16.9. The summed E-state index contributed by atoms with van der Waals surface area (Å²) in [5, 5.41) is 9.93. The second-order valence-electron chi connectivity index (χ2n) is 7.44. The maximum Gasteiger partial charge on any atom is 0.410 e. The summed E-state index contributed by atoms with van der Waals surface area (Å²) in [6.07, 6.45) is 0.0490. The van der Waals surface area contributed by atoms with Crippen LogP contribution in [0.1, 0.15) is 25.3 Å². The van der Waals surface area contributed by atoms with Gasteiger partial charge < -0.3 is 14.6 Å². The second-order valence-corrected chi connectivity index (χ2v) is 8.78. The minimum atomic E-state index is -1.70. The van der Waals surface area contributed by atoms with Crippen LogP contribution in [0.3, 0.4) is 0 Å². The fourth-order valence-electron chi connectivity index (χ4n) is 4.95. The van der Waals surface area contributed by atoms with Gasteiger partial charge in [0.15, 0.2) is 5.41 Å². The average molecular weight is 485 g/mol. The fourth-order valence-corrected chi connectivity index (χ4v) is 6.34. The Morgan fingerprint density at radius 2 is 2.07 bits per heavy atom. The summed E-state index contributed by atoms with van der Waals surface area (Å²) < 4.78 is 11.1. The van der Waals surface area contributed by atoms with Gasteiger partial charge in [0.05, 0.1) is 3.92 Å². The maximum absolute atomic E-state index is 12.9. The number of alkyl halides is 1. The highest BCUT2D eigenvalue weighted by atomic mass is 127. The van der Waals surface area contributed by atoms with Crippen LogP contribution in [0.4, 0.5) is 4.79 Å². The number of fused-ring (bicyclic) bond motifs is 1. The Morgan fingerprint density at radius 1 is 1.37 bits per heavy atom. The van der Waals surface area contributed by atoms with Crippen molar-refractivity contribution < 1.29 is 29.0 Å². The molecule has 4 fully saturated rings. The van der Waals surface area contributed by atoms with Crippen molar-refractivity contribution in [2.45, 2.75) is 41.9 Å². The monoisotopic (exact) mass is 485 g/mol. The Bertz CT molecular complexity index is 801. The van der Waals surface area contributed by atoms with Crippen molar-refractivity contribution in [2.75, 3.05) is 6.54 Å². The number of carbonyl (C=O) groups excluding carboxylic acids is 2. The first kappa shape index (κ1) is 18.5. The first-order valence-electron chi connectivity index (χ1n) is 8.95. The molecule has 3 aliphatic heterocycles. The molecule has 0 unspecified atom stereocenters. The molecule has 1 aromatic carbocycles. The van der Waals surface area contributed by atoms with Crippen LogP contribution in [-0.2, 0) is 25.7 Å². The molecule has 7 nitrogen and oxygen atoms in total. The largest absolute Gasteiger partial charge is 0.480 e. The normalized spacial score (nSPS) is 36.4. The molecule has 0 spiro atoms. The third-order valence-electron chi connectivity index (χ3n) is 6.16. The number of hydrogen-bond acceptors (Lipinski definition) is 5. The molecule has 4 aliphatic rings. The van der Waals surface area contributed by atoms with Crippen LogP contribution in [0, 0.1) is 11.3 Å². The smallest absolute Gasteiger partial charge is 0.410 e. The molecule has 5 atom stereocenters. The lowest BCUT2D eigenvalue weighted by atomic mass is 9.57. The number of benzene rings is 1. The van der Waals surface area contributed by atoms with Crippen molar-refractivity contribution in [1.82, 2.24) is 4.90 Å². The molecule has 0 aromatic heterocycles. The number of amides is 1. The van der Waals surface area contributed by atoms with Gasteiger partial charge in [0.2, 0.25) is 0 Å². The number of nitrogens with zero attached hydrogens (tertiary/aromatic N) is 1. The third-order valence-corrected chi connectivity index (χ3v) is 8.23. The highest BCUT2D eigenvalue weighted by molar-refractivity contribution is 14.1. The minimum Gasteiger partial charge on any atom is -0.480 e. The highest BCUT2D eigenvalue weighted by Crippen LogP contribution is 2.62. The molecule has 0 radical (unpaired) electrons. The minimum absolute atomic E-state index is 0.0396. The van der Waals surface area contributed by atoms with Crippen molar-refractivity contribution in [3.05, 3.63) is 35.9 Å². The van der Waals surface area contributed by atoms with E-state index in [0.29, 0.717) is 13.0 Å². The summed E-state index contributed by atoms with van der Waals surface area (Å²) in [5.41, 5.74) is -1.84. The van der Waals surface area contributed by atoms with E-state index in [9.17, 15) is 19.5 Å². The van der Waals surface area contributed by atoms with Crippen LogP contribution < -0.4 is 0 Å². The zero-order chi connectivity index (χ0) is 19.4. The first-order valence-corrected chi connectivity index (χ1v) is 10.2. The summed E-state index contributed by atoms with van der Waals surface area (Å²) in [7, 11) is 0. The summed E-state index contributed by atoms with van der Waals surface area (Å²) >= 11 is 2.25. The lowest BCUT2D eigenvalue weighted by Gasteiger charge is -2.57. The summed E-state index contributed by atoms with van der Waals surface area (Å²) in [4.78, 5) is 39.1. The van der Waals surface area contributed by atoms with Crippen LogP contribution in [0.2, 0.25) is 0 Å². The van der Waals surface area contributed by atoms with E-state index in [1.807, 2.05) is 37.3 Å². The van der Waals surface area contributed by atoms with Crippen LogP contribution in [0.5, 0.6) is 0 Å². The van der Waals surface area contributed by atoms with E-state index in [2.05, 4.69) is 22.6 Å². The molecular formula is C19H20INO6. The standard InChI is InChI=1S/C19H20INO6/c1-2-19-13(20)12-8-18(15(22)23,16(24)27-19)14(19)21(9-12)17(25)26-10-11-6-4-3-5-7-11/h3-7,12-14H,2,8-10H2,1H3,(H,22,23)/t12-,13-,14+,18+,19+/m0/s1. The van der Waals surface area contributed by atoms with Crippen molar-refractivity contribution in [2.24, 2.45) is 11.3 Å². The Hall–Kier alpha value is -1.84. The number of aliphatic carboxylic acids is 1. The van der Waals surface area contributed by atoms with E-state index in [1.165, 1.54) is 4.90 Å². The van der Waals surface area contributed by atoms with Crippen LogP contribution in [0.25, 0.3) is 0 Å². The highest BCUT2D eigenvalue weighted by Gasteiger charge is 2.79. The third kappa shape index (κ3) is 2.41. The average Bonchev–Trinajstić information content (AvgIpc) is 2.92. The summed E-state index contributed by atoms with van der Waals surface area (Å²) in [5.74, 6) is -2.09. The van der Waals surface area contributed by atoms with Gasteiger partial charge in [-0.25, -0.2) is 4.79 Å². The predicted octanol–water partition coefficient (Wildman–Crippen LogP) is 2.61. The van der Waals surface area contributed by atoms with Gasteiger partial charge in [-0.2, -0.15) is 0 Å². The quantitative estimate of drug-likeness (QED) is 0.305. The van der Waals surface area contributed by atoms with Crippen molar-refractivity contribution >= 4 is 40.6 Å². The summed E-state index contributed by atoms with van der Waals surface area (Å²) in [6, 6.07) is 8.42. The summed E-state index contributed by atoms with van der Waals surface area (Å²) in [6.45, 7) is 2.33. The van der Waals surface area contributed by atoms with Gasteiger partial charge in [0.25, 0.3) is 0 Å². The lowest BCUT2D eigenvalue weighted by Crippen LogP contribution is -2.74. The van der Waals surface area contributed by atoms with E-state index in [4.69, 9.17) is 9.47 Å². The van der Waals surface area contributed by atoms with Gasteiger partial charge in [0, 0.05) is 6.54 Å². The number of carbonyl (C=O) groups is 3. The molecule has 5 rings (SSSR count). The van der Waals surface area contributed by atoms with Gasteiger partial charge in [-0.3, -0.25) is 14.5 Å². The number of hydrogen-bond donors (Lipinski definition) is 1. The first-order chi connectivity index (χ1) is 12.9. The van der Waals surface area contributed by atoms with E-state index in [-0.39, 0.29) is 22.9 Å². The molecular weight excluding hydrogens is 465 g/mol. The molecule has 4 bridgehead atoms. The SMILES string of the molecule is CC[C@]12OC(=O)[C@]3(C(=O)O)C[C@@H](CN(C(=O)OCc4ccccc4)[C@H]31)[C@@H]2I. The van der Waals surface area contributed by atoms with Gasteiger partial charge in [-0.05, 0) is 24.3 Å². The van der Waals surface area contributed by atoms with Gasteiger partial charge in [-0.15, -0.1) is 0 Å². The van der Waals surface area contributed by atoms with E-state index in [1.54, 1.807) is 0 Å². The predicted molar refractivity (Wildman–Crippen MR) is 102 cm³/mol. The lowest BCUT2D eigenvalue weighted by molar-refractivity contribution is -0.166. The van der Waals surface area contributed by atoms with Crippen molar-refractivity contribution in [1.29, 1.82) is 0 Å². The van der Waals surface area contributed by atoms with E-state index >= 15 is 0 Å². The number of halogens is 1. The molecule has 27 heavy (non-hydrogen) atoms. The Labute approximate surface area is 170 Å². The van der Waals surface area contributed by atoms with Crippen LogP contribution >= 0.6 is 22.6 Å². The van der Waals surface area contributed by atoms with Gasteiger partial charge in [-0.1, -0.05) is 59.8 Å². The molecule has 1 aromatic rings. The fraction of sp³-hybridized carbons (Fsp3) is 0.526. The van der Waals surface area contributed by atoms with Crippen LogP contribution in [-0.4, -0.2) is 50.2 Å². The molecule has 1 amide bonds. The van der Waals surface area contributed by atoms with Crippen molar-refractivity contribution in [3.63, 3.8) is 0 Å². The van der Waals surface area contributed by atoms with E-state index in [0.717, 1.165) is 5.56 Å². The number of esters is 1. The van der Waals surface area contributed by atoms with Crippen LogP contribution in [0.15, 0.2) is 30.3 Å². The number of piperidine rings is 2. The van der Waals surface area contributed by atoms with Gasteiger partial charge in [0.1, 0.15) is 18.2 Å². The van der Waals surface area contributed by atoms with Gasteiger partial charge >= 0.3 is 18.0 Å². The maximum atomic E-state index is 12.9.